The van der Waals surface area contributed by atoms with E-state index >= 15 is 0 Å². The van der Waals surface area contributed by atoms with Crippen molar-refractivity contribution in [3.63, 3.8) is 0 Å². The van der Waals surface area contributed by atoms with Gasteiger partial charge in [0.1, 0.15) is 0 Å². The second-order valence-electron chi connectivity index (χ2n) is 7.31. The molecule has 1 aliphatic rings. The van der Waals surface area contributed by atoms with Gasteiger partial charge in [-0.25, -0.2) is 13.1 Å². The Kier molecular flexibility index (Phi) is 6.64. The molecule has 1 amide bonds. The van der Waals surface area contributed by atoms with E-state index in [0.717, 1.165) is 27.8 Å². The highest BCUT2D eigenvalue weighted by molar-refractivity contribution is 7.88. The summed E-state index contributed by atoms with van der Waals surface area (Å²) in [7, 11) is -3.54. The van der Waals surface area contributed by atoms with E-state index in [0.29, 0.717) is 12.8 Å². The van der Waals surface area contributed by atoms with Gasteiger partial charge in [-0.05, 0) is 36.0 Å². The minimum absolute atomic E-state index is 0.189. The molecule has 2 aromatic carbocycles. The van der Waals surface area contributed by atoms with Crippen LogP contribution >= 0.6 is 0 Å². The van der Waals surface area contributed by atoms with Gasteiger partial charge in [-0.15, -0.1) is 0 Å². The molecule has 0 unspecified atom stereocenters. The van der Waals surface area contributed by atoms with Gasteiger partial charge in [0, 0.05) is 12.6 Å². The summed E-state index contributed by atoms with van der Waals surface area (Å²) < 4.78 is 52.4. The van der Waals surface area contributed by atoms with Crippen LogP contribution in [0.3, 0.4) is 0 Å². The van der Waals surface area contributed by atoms with Gasteiger partial charge < -0.3 is 4.90 Å². The Morgan fingerprint density at radius 3 is 2.48 bits per heavy atom. The number of amides is 1. The Labute approximate surface area is 169 Å². The molecule has 0 radical (unpaired) electrons. The van der Waals surface area contributed by atoms with Crippen LogP contribution in [0.1, 0.15) is 18.4 Å². The second kappa shape index (κ2) is 9.00. The molecule has 1 saturated heterocycles. The van der Waals surface area contributed by atoms with Gasteiger partial charge in [0.2, 0.25) is 10.0 Å². The molecule has 1 N–H and O–H groups in total. The van der Waals surface area contributed by atoms with Crippen LogP contribution in [0.4, 0.5) is 8.78 Å². The van der Waals surface area contributed by atoms with Crippen LogP contribution in [0, 0.1) is 0 Å². The van der Waals surface area contributed by atoms with Gasteiger partial charge in [0.25, 0.3) is 5.91 Å². The van der Waals surface area contributed by atoms with Gasteiger partial charge in [-0.3, -0.25) is 4.79 Å². The Bertz CT molecular complexity index is 951. The zero-order chi connectivity index (χ0) is 21.0. The molecule has 0 spiro atoms. The number of nitrogens with one attached hydrogen (secondary N) is 1. The summed E-state index contributed by atoms with van der Waals surface area (Å²) in [5, 5.41) is 0. The standard InChI is InChI=1S/C21H24F2N2O3S/c1-29(27,28)24-18-11-6-12-25(21(26)20(22)23)19(18)14-15-7-5-10-17(13-15)16-8-3-2-4-9-16/h2-5,7-10,13,18-20,24H,6,11-12,14H2,1H3/t18-,19-/m1/s1. The van der Waals surface area contributed by atoms with Crippen molar-refractivity contribution in [2.45, 2.75) is 37.8 Å². The summed E-state index contributed by atoms with van der Waals surface area (Å²) in [6, 6.07) is 16.1. The molecule has 0 bridgehead atoms. The van der Waals surface area contributed by atoms with E-state index in [2.05, 4.69) is 4.72 Å². The highest BCUT2D eigenvalue weighted by atomic mass is 32.2. The van der Waals surface area contributed by atoms with E-state index in [-0.39, 0.29) is 13.0 Å². The predicted octanol–water partition coefficient (Wildman–Crippen LogP) is 3.07. The highest BCUT2D eigenvalue weighted by Crippen LogP contribution is 2.26. The van der Waals surface area contributed by atoms with Gasteiger partial charge in [-0.1, -0.05) is 54.6 Å². The van der Waals surface area contributed by atoms with Crippen molar-refractivity contribution in [1.82, 2.24) is 9.62 Å². The van der Waals surface area contributed by atoms with Crippen molar-refractivity contribution in [2.24, 2.45) is 0 Å². The third-order valence-electron chi connectivity index (χ3n) is 5.09. The van der Waals surface area contributed by atoms with Crippen LogP contribution in [-0.2, 0) is 21.2 Å². The van der Waals surface area contributed by atoms with Crippen LogP contribution < -0.4 is 4.72 Å². The van der Waals surface area contributed by atoms with Crippen molar-refractivity contribution in [3.05, 3.63) is 60.2 Å². The van der Waals surface area contributed by atoms with Crippen molar-refractivity contribution in [3.8, 4) is 11.1 Å². The number of halogens is 2. The molecular formula is C21H24F2N2O3S. The molecule has 29 heavy (non-hydrogen) atoms. The van der Waals surface area contributed by atoms with E-state index in [1.807, 2.05) is 54.6 Å². The fourth-order valence-electron chi connectivity index (χ4n) is 3.87. The Balaban J connectivity index is 1.91. The summed E-state index contributed by atoms with van der Waals surface area (Å²) in [6.07, 6.45) is -0.847. The number of carbonyl (C=O) groups is 1. The number of hydrogen-bond acceptors (Lipinski definition) is 3. The minimum Gasteiger partial charge on any atom is -0.333 e. The third-order valence-corrected chi connectivity index (χ3v) is 5.82. The quantitative estimate of drug-likeness (QED) is 0.778. The first-order valence-electron chi connectivity index (χ1n) is 9.45. The largest absolute Gasteiger partial charge is 0.333 e. The summed E-state index contributed by atoms with van der Waals surface area (Å²) in [5.74, 6) is -1.26. The number of carbonyl (C=O) groups excluding carboxylic acids is 1. The van der Waals surface area contributed by atoms with Crippen LogP contribution in [-0.4, -0.2) is 50.5 Å². The first kappa shape index (κ1) is 21.4. The molecule has 3 rings (SSSR count). The third kappa shape index (κ3) is 5.61. The number of alkyl halides is 2. The average Bonchev–Trinajstić information content (AvgIpc) is 2.68. The molecule has 5 nitrogen and oxygen atoms in total. The Morgan fingerprint density at radius 2 is 1.83 bits per heavy atom. The van der Waals surface area contributed by atoms with E-state index < -0.39 is 34.4 Å². The number of sulfonamides is 1. The maximum atomic E-state index is 13.1. The molecule has 8 heteroatoms. The number of piperidine rings is 1. The molecule has 0 aliphatic carbocycles. The van der Waals surface area contributed by atoms with Crippen molar-refractivity contribution in [2.75, 3.05) is 12.8 Å². The molecule has 1 fully saturated rings. The van der Waals surface area contributed by atoms with Crippen molar-refractivity contribution < 1.29 is 22.0 Å². The summed E-state index contributed by atoms with van der Waals surface area (Å²) >= 11 is 0. The fourth-order valence-corrected chi connectivity index (χ4v) is 4.70. The molecule has 0 saturated carbocycles. The average molecular weight is 422 g/mol. The van der Waals surface area contributed by atoms with Gasteiger partial charge in [-0.2, -0.15) is 8.78 Å². The van der Waals surface area contributed by atoms with Crippen molar-refractivity contribution >= 4 is 15.9 Å². The van der Waals surface area contributed by atoms with Crippen LogP contribution in [0.15, 0.2) is 54.6 Å². The van der Waals surface area contributed by atoms with E-state index in [4.69, 9.17) is 0 Å². The first-order valence-corrected chi connectivity index (χ1v) is 11.3. The van der Waals surface area contributed by atoms with Gasteiger partial charge >= 0.3 is 6.43 Å². The molecule has 156 valence electrons. The number of rotatable bonds is 6. The monoisotopic (exact) mass is 422 g/mol. The Morgan fingerprint density at radius 1 is 1.14 bits per heavy atom. The summed E-state index contributed by atoms with van der Waals surface area (Å²) in [5.41, 5.74) is 2.84. The molecule has 2 aromatic rings. The predicted molar refractivity (Wildman–Crippen MR) is 108 cm³/mol. The number of likely N-dealkylation sites (tertiary alicyclic amines) is 1. The van der Waals surface area contributed by atoms with Crippen LogP contribution in [0.2, 0.25) is 0 Å². The fraction of sp³-hybridized carbons (Fsp3) is 0.381. The lowest BCUT2D eigenvalue weighted by Crippen LogP contribution is -2.58. The molecular weight excluding hydrogens is 398 g/mol. The van der Waals surface area contributed by atoms with Crippen molar-refractivity contribution in [1.29, 1.82) is 0 Å². The molecule has 1 aliphatic heterocycles. The molecule has 0 aromatic heterocycles. The molecule has 1 heterocycles. The zero-order valence-corrected chi connectivity index (χ0v) is 16.9. The maximum absolute atomic E-state index is 13.1. The van der Waals surface area contributed by atoms with Gasteiger partial charge in [0.05, 0.1) is 12.3 Å². The van der Waals surface area contributed by atoms with E-state index in [1.54, 1.807) is 0 Å². The topological polar surface area (TPSA) is 66.5 Å². The molecule has 2 atom stereocenters. The summed E-state index contributed by atoms with van der Waals surface area (Å²) in [6.45, 7) is 0.189. The van der Waals surface area contributed by atoms with Crippen LogP contribution in [0.25, 0.3) is 11.1 Å². The number of nitrogens with zero attached hydrogens (tertiary/aromatic N) is 1. The zero-order valence-electron chi connectivity index (χ0n) is 16.1. The highest BCUT2D eigenvalue weighted by Gasteiger charge is 2.38. The number of benzene rings is 2. The van der Waals surface area contributed by atoms with Crippen LogP contribution in [0.5, 0.6) is 0 Å². The lowest BCUT2D eigenvalue weighted by atomic mass is 9.90. The maximum Gasteiger partial charge on any atom is 0.315 e. The second-order valence-corrected chi connectivity index (χ2v) is 9.09. The van der Waals surface area contributed by atoms with Gasteiger partial charge in [0.15, 0.2) is 0 Å². The Hall–Kier alpha value is -2.32. The smallest absolute Gasteiger partial charge is 0.315 e. The lowest BCUT2D eigenvalue weighted by Gasteiger charge is -2.41. The van der Waals surface area contributed by atoms with E-state index in [1.165, 1.54) is 0 Å². The first-order chi connectivity index (χ1) is 13.7. The van der Waals surface area contributed by atoms with E-state index in [9.17, 15) is 22.0 Å². The number of hydrogen-bond donors (Lipinski definition) is 1. The SMILES string of the molecule is CS(=O)(=O)N[C@@H]1CCCN(C(=O)C(F)F)[C@@H]1Cc1cccc(-c2ccccc2)c1. The lowest BCUT2D eigenvalue weighted by molar-refractivity contribution is -0.147. The normalized spacial score (nSPS) is 20.1. The minimum atomic E-state index is -3.54. The summed E-state index contributed by atoms with van der Waals surface area (Å²) in [4.78, 5) is 13.2.